The fraction of sp³-hybridized carbons (Fsp3) is 0.378. The van der Waals surface area contributed by atoms with Crippen molar-refractivity contribution in [1.29, 1.82) is 0 Å². The Morgan fingerprint density at radius 3 is 1.82 bits per heavy atom. The first kappa shape index (κ1) is 33.3. The second kappa shape index (κ2) is 13.2. The Morgan fingerprint density at radius 1 is 0.711 bits per heavy atom. The Hall–Kier alpha value is -4.59. The molecule has 0 amide bonds. The molecule has 3 aromatic carbocycles. The molecule has 0 radical (unpaired) electrons. The van der Waals surface area contributed by atoms with E-state index >= 15 is 0 Å². The normalized spacial score (nSPS) is 12.1. The van der Waals surface area contributed by atoms with Gasteiger partial charge in [-0.3, -0.25) is 0 Å². The molecule has 1 aromatic heterocycles. The second-order valence-electron chi connectivity index (χ2n) is 12.7. The van der Waals surface area contributed by atoms with Crippen LogP contribution in [-0.2, 0) is 29.8 Å². The van der Waals surface area contributed by atoms with E-state index in [-0.39, 0.29) is 64.3 Å². The van der Waals surface area contributed by atoms with Gasteiger partial charge in [0.05, 0.1) is 37.5 Å². The zero-order chi connectivity index (χ0) is 33.1. The average molecular weight is 615 g/mol. The van der Waals surface area contributed by atoms with Crippen LogP contribution in [-0.4, -0.2) is 37.7 Å². The van der Waals surface area contributed by atoms with Gasteiger partial charge in [-0.2, -0.15) is 0 Å². The highest BCUT2D eigenvalue weighted by Gasteiger charge is 2.33. The third-order valence-electron chi connectivity index (χ3n) is 7.41. The van der Waals surface area contributed by atoms with Crippen LogP contribution in [0.25, 0.3) is 33.1 Å². The van der Waals surface area contributed by atoms with E-state index in [9.17, 15) is 14.4 Å². The number of fused-ring (bicyclic) bond motifs is 2. The van der Waals surface area contributed by atoms with Crippen LogP contribution in [0.4, 0.5) is 0 Å². The molecule has 4 rings (SSSR count). The fourth-order valence-electron chi connectivity index (χ4n) is 5.10. The van der Waals surface area contributed by atoms with Gasteiger partial charge >= 0.3 is 17.9 Å². The van der Waals surface area contributed by atoms with Gasteiger partial charge < -0.3 is 23.4 Å². The number of ether oxygens (including phenoxy) is 4. The molecule has 45 heavy (non-hydrogen) atoms. The molecule has 8 nitrogen and oxygen atoms in total. The topological polar surface area (TPSA) is 101 Å². The summed E-state index contributed by atoms with van der Waals surface area (Å²) in [5, 5.41) is 1.27. The molecule has 0 unspecified atom stereocenters. The number of esters is 3. The van der Waals surface area contributed by atoms with Crippen molar-refractivity contribution >= 4 is 39.6 Å². The van der Waals surface area contributed by atoms with Gasteiger partial charge in [0.2, 0.25) is 0 Å². The highest BCUT2D eigenvalue weighted by Crippen LogP contribution is 2.47. The number of hydrogen-bond donors (Lipinski definition) is 0. The van der Waals surface area contributed by atoms with E-state index in [1.165, 1.54) is 6.26 Å². The maximum atomic E-state index is 13.7. The van der Waals surface area contributed by atoms with Crippen LogP contribution in [0.1, 0.15) is 94.2 Å². The number of carbonyl (C=O) groups excluding carboxylic acids is 3. The highest BCUT2D eigenvalue weighted by atomic mass is 16.5. The summed E-state index contributed by atoms with van der Waals surface area (Å²) >= 11 is 0. The van der Waals surface area contributed by atoms with Gasteiger partial charge in [-0.25, -0.2) is 14.4 Å². The molecule has 0 spiro atoms. The molecule has 0 atom stereocenters. The van der Waals surface area contributed by atoms with E-state index in [2.05, 4.69) is 41.5 Å². The van der Waals surface area contributed by atoms with Crippen LogP contribution in [0.3, 0.4) is 0 Å². The Kier molecular flexibility index (Phi) is 9.76. The van der Waals surface area contributed by atoms with Crippen molar-refractivity contribution < 1.29 is 37.7 Å². The predicted octanol–water partition coefficient (Wildman–Crippen LogP) is 8.66. The molecule has 0 aliphatic carbocycles. The summed E-state index contributed by atoms with van der Waals surface area (Å²) in [7, 11) is 0. The van der Waals surface area contributed by atoms with Gasteiger partial charge in [-0.05, 0) is 48.8 Å². The lowest BCUT2D eigenvalue weighted by atomic mass is 9.84. The Morgan fingerprint density at radius 2 is 1.27 bits per heavy atom. The number of furan rings is 1. The molecule has 0 aliphatic rings. The van der Waals surface area contributed by atoms with E-state index in [0.29, 0.717) is 16.3 Å². The van der Waals surface area contributed by atoms with Crippen LogP contribution in [0.15, 0.2) is 59.2 Å². The van der Waals surface area contributed by atoms with Crippen molar-refractivity contribution in [2.75, 3.05) is 19.8 Å². The molecule has 8 heteroatoms. The lowest BCUT2D eigenvalue weighted by Gasteiger charge is -2.21. The number of carbonyl (C=O) groups is 3. The zero-order valence-corrected chi connectivity index (χ0v) is 27.6. The minimum Gasteiger partial charge on any atom is -0.463 e. The van der Waals surface area contributed by atoms with Crippen LogP contribution in [0, 0.1) is 0 Å². The molecule has 0 fully saturated rings. The molecular formula is C37H42O8. The number of hydrogen-bond acceptors (Lipinski definition) is 8. The van der Waals surface area contributed by atoms with E-state index in [1.807, 2.05) is 42.5 Å². The van der Waals surface area contributed by atoms with E-state index < -0.39 is 17.9 Å². The molecule has 0 saturated heterocycles. The van der Waals surface area contributed by atoms with E-state index in [1.54, 1.807) is 20.8 Å². The quantitative estimate of drug-likeness (QED) is 0.0799. The summed E-state index contributed by atoms with van der Waals surface area (Å²) in [4.78, 5) is 39.6. The van der Waals surface area contributed by atoms with Crippen molar-refractivity contribution in [3.8, 4) is 17.1 Å². The van der Waals surface area contributed by atoms with Crippen molar-refractivity contribution in [1.82, 2.24) is 0 Å². The van der Waals surface area contributed by atoms with Crippen molar-refractivity contribution in [3.63, 3.8) is 0 Å². The molecule has 4 aromatic rings. The second-order valence-corrected chi connectivity index (χ2v) is 12.7. The first-order valence-corrected chi connectivity index (χ1v) is 15.2. The fourth-order valence-corrected chi connectivity index (χ4v) is 5.10. The highest BCUT2D eigenvalue weighted by molar-refractivity contribution is 6.23. The maximum Gasteiger partial charge on any atom is 0.342 e. The smallest absolute Gasteiger partial charge is 0.342 e. The maximum absolute atomic E-state index is 13.7. The summed E-state index contributed by atoms with van der Waals surface area (Å²) in [5.74, 6) is -1.40. The van der Waals surface area contributed by atoms with Crippen LogP contribution in [0.5, 0.6) is 5.75 Å². The Balaban J connectivity index is 2.19. The minimum absolute atomic E-state index is 0.0950. The summed E-state index contributed by atoms with van der Waals surface area (Å²) in [5.41, 5.74) is 2.71. The zero-order valence-electron chi connectivity index (χ0n) is 27.6. The lowest BCUT2D eigenvalue weighted by Crippen LogP contribution is -2.12. The van der Waals surface area contributed by atoms with Gasteiger partial charge in [0.1, 0.15) is 22.6 Å². The van der Waals surface area contributed by atoms with Crippen LogP contribution < -0.4 is 4.74 Å². The van der Waals surface area contributed by atoms with E-state index in [4.69, 9.17) is 23.4 Å². The van der Waals surface area contributed by atoms with Gasteiger partial charge in [0.25, 0.3) is 0 Å². The monoisotopic (exact) mass is 614 g/mol. The van der Waals surface area contributed by atoms with Crippen molar-refractivity contribution in [3.05, 3.63) is 77.1 Å². The predicted molar refractivity (Wildman–Crippen MR) is 175 cm³/mol. The van der Waals surface area contributed by atoms with Gasteiger partial charge in [0, 0.05) is 16.3 Å². The minimum atomic E-state index is -0.647. The van der Waals surface area contributed by atoms with Crippen LogP contribution >= 0.6 is 0 Å². The number of benzene rings is 3. The summed E-state index contributed by atoms with van der Waals surface area (Å²) in [6, 6.07) is 13.4. The molecule has 1 heterocycles. The Labute approximate surface area is 264 Å². The van der Waals surface area contributed by atoms with Crippen LogP contribution in [0.2, 0.25) is 0 Å². The summed E-state index contributed by atoms with van der Waals surface area (Å²) in [6.07, 6.45) is 2.36. The molecule has 0 saturated carbocycles. The average Bonchev–Trinajstić information content (AvgIpc) is 3.36. The lowest BCUT2D eigenvalue weighted by molar-refractivity contribution is -0.137. The largest absolute Gasteiger partial charge is 0.463 e. The molecule has 0 N–H and O–H groups in total. The van der Waals surface area contributed by atoms with E-state index in [0.717, 1.165) is 17.2 Å². The molecule has 0 aliphatic heterocycles. The van der Waals surface area contributed by atoms with Gasteiger partial charge in [-0.15, -0.1) is 0 Å². The third-order valence-corrected chi connectivity index (χ3v) is 7.41. The third kappa shape index (κ3) is 6.90. The standard InChI is InChI=1S/C37H42O8/c1-10-41-27(38)19-20-44-32-25-18-17-24(37(7,8)9)21-26(25)28(34(39)42-11-2)33-29(32)30(35(40)43-12-3)31(45-33)22-13-15-23(16-14-22)36(4,5)6/h13-21H,10-12H2,1-9H3/b20-19+. The summed E-state index contributed by atoms with van der Waals surface area (Å²) in [6.45, 7) is 18.1. The molecule has 0 bridgehead atoms. The first-order valence-electron chi connectivity index (χ1n) is 15.2. The van der Waals surface area contributed by atoms with Gasteiger partial charge in [-0.1, -0.05) is 77.9 Å². The number of rotatable bonds is 9. The van der Waals surface area contributed by atoms with Gasteiger partial charge in [0.15, 0.2) is 5.58 Å². The molecular weight excluding hydrogens is 572 g/mol. The SMILES string of the molecule is CCOC(=O)/C=C/Oc1c2ccc(C(C)(C)C)cc2c(C(=O)OCC)c2oc(-c3ccc(C(C)(C)C)cc3)c(C(=O)OCC)c12. The Bertz CT molecular complexity index is 1760. The summed E-state index contributed by atoms with van der Waals surface area (Å²) < 4.78 is 28.7. The first-order chi connectivity index (χ1) is 21.2. The molecule has 238 valence electrons. The van der Waals surface area contributed by atoms with Crippen molar-refractivity contribution in [2.24, 2.45) is 0 Å². The van der Waals surface area contributed by atoms with Crippen molar-refractivity contribution in [2.45, 2.75) is 73.1 Å².